The van der Waals surface area contributed by atoms with Crippen LogP contribution in [0.5, 0.6) is 0 Å². The average Bonchev–Trinajstić information content (AvgIpc) is 3.21. The van der Waals surface area contributed by atoms with Gasteiger partial charge >= 0.3 is 0 Å². The van der Waals surface area contributed by atoms with Crippen molar-refractivity contribution in [1.82, 2.24) is 18.8 Å². The molecule has 1 N–H and O–H groups in total. The fraction of sp³-hybridized carbons (Fsp3) is 0.333. The second kappa shape index (κ2) is 8.06. The molecular formula is C21H24N4O3S. The van der Waals surface area contributed by atoms with Crippen LogP contribution < -0.4 is 0 Å². The highest BCUT2D eigenvalue weighted by Crippen LogP contribution is 2.30. The van der Waals surface area contributed by atoms with Crippen molar-refractivity contribution >= 4 is 10.0 Å². The lowest BCUT2D eigenvalue weighted by Gasteiger charge is -2.31. The number of piperidine rings is 1. The molecule has 2 aromatic heterocycles. The van der Waals surface area contributed by atoms with Gasteiger partial charge in [-0.25, -0.2) is 13.4 Å². The van der Waals surface area contributed by atoms with Gasteiger partial charge in [0, 0.05) is 43.5 Å². The third kappa shape index (κ3) is 4.10. The minimum Gasteiger partial charge on any atom is -0.392 e. The first-order chi connectivity index (χ1) is 14.0. The summed E-state index contributed by atoms with van der Waals surface area (Å²) in [6.07, 6.45) is 4.70. The van der Waals surface area contributed by atoms with E-state index in [2.05, 4.69) is 4.98 Å². The first kappa shape index (κ1) is 19.8. The molecule has 1 saturated heterocycles. The maximum Gasteiger partial charge on any atom is 0.262 e. The summed E-state index contributed by atoms with van der Waals surface area (Å²) in [6, 6.07) is 13.5. The van der Waals surface area contributed by atoms with Crippen LogP contribution in [-0.4, -0.2) is 45.5 Å². The zero-order valence-corrected chi connectivity index (χ0v) is 17.1. The Kier molecular flexibility index (Phi) is 5.49. The quantitative estimate of drug-likeness (QED) is 0.696. The van der Waals surface area contributed by atoms with Gasteiger partial charge in [0.25, 0.3) is 10.0 Å². The van der Waals surface area contributed by atoms with Crippen molar-refractivity contribution in [3.63, 3.8) is 0 Å². The van der Waals surface area contributed by atoms with Crippen LogP contribution in [0.4, 0.5) is 0 Å². The number of aliphatic hydroxyl groups excluding tert-OH is 1. The zero-order valence-electron chi connectivity index (χ0n) is 16.3. The SMILES string of the molecule is Cn1cnc(S(=O)(=O)N2CCCC(c3cccc(-c4cccc(CO)c4)n3)C2)c1. The van der Waals surface area contributed by atoms with Gasteiger partial charge in [0.2, 0.25) is 0 Å². The van der Waals surface area contributed by atoms with Crippen molar-refractivity contribution in [2.75, 3.05) is 13.1 Å². The molecule has 29 heavy (non-hydrogen) atoms. The monoisotopic (exact) mass is 412 g/mol. The lowest BCUT2D eigenvalue weighted by atomic mass is 9.95. The molecule has 1 aliphatic heterocycles. The van der Waals surface area contributed by atoms with E-state index in [-0.39, 0.29) is 17.6 Å². The Morgan fingerprint density at radius 2 is 2.03 bits per heavy atom. The van der Waals surface area contributed by atoms with Crippen molar-refractivity contribution in [2.45, 2.75) is 30.4 Å². The van der Waals surface area contributed by atoms with E-state index in [9.17, 15) is 13.5 Å². The van der Waals surface area contributed by atoms with Crippen LogP contribution >= 0.6 is 0 Å². The smallest absolute Gasteiger partial charge is 0.262 e. The van der Waals surface area contributed by atoms with Gasteiger partial charge in [-0.3, -0.25) is 4.98 Å². The molecule has 8 heteroatoms. The van der Waals surface area contributed by atoms with Crippen LogP contribution in [0.3, 0.4) is 0 Å². The minimum absolute atomic E-state index is 0.0174. The Balaban J connectivity index is 1.59. The summed E-state index contributed by atoms with van der Waals surface area (Å²) >= 11 is 0. The Bertz CT molecular complexity index is 1110. The summed E-state index contributed by atoms with van der Waals surface area (Å²) in [6.45, 7) is 0.871. The van der Waals surface area contributed by atoms with Gasteiger partial charge < -0.3 is 9.67 Å². The molecule has 0 radical (unpaired) electrons. The number of aryl methyl sites for hydroxylation is 1. The molecule has 1 aromatic carbocycles. The van der Waals surface area contributed by atoms with Gasteiger partial charge in [-0.2, -0.15) is 4.31 Å². The first-order valence-electron chi connectivity index (χ1n) is 9.62. The molecule has 4 rings (SSSR count). The van der Waals surface area contributed by atoms with Gasteiger partial charge in [0.05, 0.1) is 18.6 Å². The number of sulfonamides is 1. The largest absolute Gasteiger partial charge is 0.392 e. The van der Waals surface area contributed by atoms with Gasteiger partial charge in [-0.1, -0.05) is 24.3 Å². The standard InChI is InChI=1S/C21H24N4O3S/c1-24-13-21(22-15-24)29(27,28)25-10-4-7-18(12-25)20-9-3-8-19(23-20)17-6-2-5-16(11-17)14-26/h2-3,5-6,8-9,11,13,15,18,26H,4,7,10,12,14H2,1H3. The van der Waals surface area contributed by atoms with Gasteiger partial charge in [-0.05, 0) is 36.6 Å². The average molecular weight is 413 g/mol. The number of rotatable bonds is 5. The summed E-state index contributed by atoms with van der Waals surface area (Å²) in [5.74, 6) is 0.0308. The van der Waals surface area contributed by atoms with E-state index in [4.69, 9.17) is 4.98 Å². The lowest BCUT2D eigenvalue weighted by molar-refractivity contribution is 0.282. The highest BCUT2D eigenvalue weighted by molar-refractivity contribution is 7.89. The molecule has 1 unspecified atom stereocenters. The second-order valence-electron chi connectivity index (χ2n) is 7.39. The molecule has 0 saturated carbocycles. The maximum absolute atomic E-state index is 12.9. The Labute approximate surface area is 170 Å². The second-order valence-corrected chi connectivity index (χ2v) is 9.27. The highest BCUT2D eigenvalue weighted by Gasteiger charge is 2.32. The number of hydrogen-bond acceptors (Lipinski definition) is 5. The van der Waals surface area contributed by atoms with E-state index in [1.807, 2.05) is 42.5 Å². The van der Waals surface area contributed by atoms with E-state index in [0.717, 1.165) is 35.4 Å². The number of aromatic nitrogens is 3. The topological polar surface area (TPSA) is 88.3 Å². The summed E-state index contributed by atoms with van der Waals surface area (Å²) in [5, 5.41) is 9.47. The number of nitrogens with zero attached hydrogens (tertiary/aromatic N) is 4. The number of benzene rings is 1. The summed E-state index contributed by atoms with van der Waals surface area (Å²) in [5.41, 5.74) is 3.48. The Morgan fingerprint density at radius 1 is 1.21 bits per heavy atom. The summed E-state index contributed by atoms with van der Waals surface area (Å²) in [4.78, 5) is 8.84. The van der Waals surface area contributed by atoms with Crippen molar-refractivity contribution in [3.05, 3.63) is 66.2 Å². The molecule has 3 heterocycles. The summed E-state index contributed by atoms with van der Waals surface area (Å²) < 4.78 is 29.0. The molecular weight excluding hydrogens is 388 g/mol. The van der Waals surface area contributed by atoms with Gasteiger partial charge in [-0.15, -0.1) is 0 Å². The Morgan fingerprint density at radius 3 is 2.79 bits per heavy atom. The third-order valence-electron chi connectivity index (χ3n) is 5.26. The van der Waals surface area contributed by atoms with Gasteiger partial charge in [0.15, 0.2) is 5.03 Å². The number of aliphatic hydroxyl groups is 1. The predicted octanol–water partition coefficient (Wildman–Crippen LogP) is 2.54. The molecule has 1 fully saturated rings. The highest BCUT2D eigenvalue weighted by atomic mass is 32.2. The number of imidazole rings is 1. The maximum atomic E-state index is 12.9. The minimum atomic E-state index is -3.61. The van der Waals surface area contributed by atoms with E-state index in [0.29, 0.717) is 13.1 Å². The first-order valence-corrected chi connectivity index (χ1v) is 11.1. The lowest BCUT2D eigenvalue weighted by Crippen LogP contribution is -2.39. The van der Waals surface area contributed by atoms with E-state index >= 15 is 0 Å². The van der Waals surface area contributed by atoms with Crippen LogP contribution in [0.2, 0.25) is 0 Å². The van der Waals surface area contributed by atoms with Crippen LogP contribution in [0, 0.1) is 0 Å². The zero-order chi connectivity index (χ0) is 20.4. The van der Waals surface area contributed by atoms with E-state index < -0.39 is 10.0 Å². The molecule has 0 bridgehead atoms. The summed E-state index contributed by atoms with van der Waals surface area (Å²) in [7, 11) is -1.85. The van der Waals surface area contributed by atoms with Crippen molar-refractivity contribution < 1.29 is 13.5 Å². The molecule has 3 aromatic rings. The van der Waals surface area contributed by atoms with Crippen LogP contribution in [-0.2, 0) is 23.7 Å². The van der Waals surface area contributed by atoms with Crippen molar-refractivity contribution in [1.29, 1.82) is 0 Å². The predicted molar refractivity (Wildman–Crippen MR) is 110 cm³/mol. The Hall–Kier alpha value is -2.55. The fourth-order valence-corrected chi connectivity index (χ4v) is 5.22. The van der Waals surface area contributed by atoms with Crippen LogP contribution in [0.15, 0.2) is 60.0 Å². The molecule has 152 valence electrons. The van der Waals surface area contributed by atoms with Crippen molar-refractivity contribution in [3.8, 4) is 11.3 Å². The molecule has 1 atom stereocenters. The molecule has 1 aliphatic rings. The fourth-order valence-electron chi connectivity index (χ4n) is 3.73. The molecule has 0 amide bonds. The number of pyridine rings is 1. The third-order valence-corrected chi connectivity index (χ3v) is 7.01. The van der Waals surface area contributed by atoms with Crippen molar-refractivity contribution in [2.24, 2.45) is 7.05 Å². The van der Waals surface area contributed by atoms with E-state index in [1.165, 1.54) is 16.8 Å². The normalized spacial score (nSPS) is 18.1. The molecule has 0 spiro atoms. The number of hydrogen-bond donors (Lipinski definition) is 1. The van der Waals surface area contributed by atoms with Gasteiger partial charge in [0.1, 0.15) is 0 Å². The van der Waals surface area contributed by atoms with E-state index in [1.54, 1.807) is 11.6 Å². The van der Waals surface area contributed by atoms with Crippen LogP contribution in [0.25, 0.3) is 11.3 Å². The molecule has 0 aliphatic carbocycles. The molecule has 7 nitrogen and oxygen atoms in total. The van der Waals surface area contributed by atoms with Crippen LogP contribution in [0.1, 0.15) is 30.0 Å².